The Balaban J connectivity index is 0.000000215. The lowest BCUT2D eigenvalue weighted by atomic mass is 10.2. The zero-order valence-electron chi connectivity index (χ0n) is 46.6. The highest BCUT2D eigenvalue weighted by Crippen LogP contribution is 2.39. The van der Waals surface area contributed by atoms with Crippen LogP contribution >= 0.6 is 0 Å². The molecule has 80 heavy (non-hydrogen) atoms. The van der Waals surface area contributed by atoms with E-state index in [9.17, 15) is 13.6 Å². The number of rotatable bonds is 21. The number of carbonyl (C=O) groups excluding carboxylic acids is 1. The van der Waals surface area contributed by atoms with Gasteiger partial charge in [0.05, 0.1) is 48.2 Å². The first kappa shape index (κ1) is 58.2. The lowest BCUT2D eigenvalue weighted by Crippen LogP contribution is -2.66. The second-order valence-corrected chi connectivity index (χ2v) is 30.3. The normalized spacial score (nSPS) is 12.3. The van der Waals surface area contributed by atoms with Crippen molar-refractivity contribution in [2.75, 3.05) is 30.8 Å². The highest BCUT2D eigenvalue weighted by atomic mass is 28.4. The van der Waals surface area contributed by atoms with Gasteiger partial charge in [-0.1, -0.05) is 163 Å². The Morgan fingerprint density at radius 2 is 0.988 bits per heavy atom. The Labute approximate surface area is 471 Å². The molecule has 1 atom stereocenters. The molecule has 414 valence electrons. The van der Waals surface area contributed by atoms with Gasteiger partial charge in [-0.25, -0.2) is 13.8 Å². The number of hydrogen-bond acceptors (Lipinski definition) is 9. The van der Waals surface area contributed by atoms with Gasteiger partial charge in [0.15, 0.2) is 0 Å². The molecule has 0 aliphatic carbocycles. The summed E-state index contributed by atoms with van der Waals surface area (Å²) in [5.41, 5.74) is 14.8. The lowest BCUT2D eigenvalue weighted by molar-refractivity contribution is -0.119. The molecule has 0 spiro atoms. The fourth-order valence-electron chi connectivity index (χ4n) is 10.2. The number of nitrogens with zero attached hydrogens (tertiary/aromatic N) is 2. The van der Waals surface area contributed by atoms with Gasteiger partial charge in [-0.15, -0.1) is 0 Å². The van der Waals surface area contributed by atoms with Gasteiger partial charge in [0.1, 0.15) is 40.5 Å². The Kier molecular flexibility index (Phi) is 18.9. The smallest absolute Gasteiger partial charge is 0.261 e. The lowest BCUT2D eigenvalue weighted by Gasteiger charge is -2.43. The van der Waals surface area contributed by atoms with Gasteiger partial charge in [-0.2, -0.15) is 0 Å². The molecule has 0 saturated heterocycles. The van der Waals surface area contributed by atoms with Crippen LogP contribution in [0.25, 0.3) is 11.0 Å². The average Bonchev–Trinajstić information content (AvgIpc) is 3.80. The minimum Gasteiger partial charge on any atom is -0.457 e. The molecule has 0 fully saturated rings. The number of nitrogen functional groups attached to an aromatic ring is 1. The summed E-state index contributed by atoms with van der Waals surface area (Å²) in [6.45, 7) is 17.7. The number of nitrogens with two attached hydrogens (primary N) is 2. The highest BCUT2D eigenvalue weighted by Gasteiger charge is 2.51. The fraction of sp³-hybridized carbons (Fsp3) is 0.231. The average molecular weight is 1110 g/mol. The number of halogens is 2. The first-order valence-corrected chi connectivity index (χ1v) is 30.7. The number of aromatic nitrogens is 2. The highest BCUT2D eigenvalue weighted by molar-refractivity contribution is 7.00. The molecule has 15 heteroatoms. The number of anilines is 2. The van der Waals surface area contributed by atoms with Crippen LogP contribution in [0.5, 0.6) is 23.0 Å². The van der Waals surface area contributed by atoms with E-state index in [1.165, 1.54) is 45.0 Å². The largest absolute Gasteiger partial charge is 0.457 e. The van der Waals surface area contributed by atoms with Crippen molar-refractivity contribution in [1.29, 1.82) is 0 Å². The summed E-state index contributed by atoms with van der Waals surface area (Å²) in [7, 11) is -5.35. The molecule has 11 nitrogen and oxygen atoms in total. The Morgan fingerprint density at radius 3 is 1.43 bits per heavy atom. The molecule has 9 aromatic rings. The monoisotopic (exact) mass is 1110 g/mol. The van der Waals surface area contributed by atoms with Crippen molar-refractivity contribution < 1.29 is 31.9 Å². The molecule has 1 heterocycles. The molecule has 1 amide bonds. The summed E-state index contributed by atoms with van der Waals surface area (Å²) in [5.74, 6) is 1.99. The Morgan fingerprint density at radius 1 is 0.575 bits per heavy atom. The maximum absolute atomic E-state index is 13.5. The molecule has 9 rings (SSSR count). The number of carbonyl (C=O) groups is 1. The minimum atomic E-state index is -2.75. The quantitative estimate of drug-likeness (QED) is 0.0314. The molecule has 1 aromatic heterocycles. The molecule has 0 aliphatic rings. The Bertz CT molecular complexity index is 3340. The van der Waals surface area contributed by atoms with E-state index in [1.54, 1.807) is 43.3 Å². The third kappa shape index (κ3) is 13.7. The van der Waals surface area contributed by atoms with Gasteiger partial charge in [0, 0.05) is 25.2 Å². The SMILES string of the molecule is CC(C)(C)[Si](OCCNc1cc(Oc2ccc(F)cc2)ccc1N)(c1ccccc1)c1ccccc1.C[C@H](NCc1nc2ccc(Oc3ccc(F)cc3)cc2n1CCO[Si](c1ccccc1)(c1ccccc1)C(C)(C)C)C(N)=O. The molecule has 0 bridgehead atoms. The van der Waals surface area contributed by atoms with Crippen LogP contribution in [0, 0.1) is 11.6 Å². The molecule has 0 aliphatic heterocycles. The van der Waals surface area contributed by atoms with Crippen molar-refractivity contribution in [3.63, 3.8) is 0 Å². The zero-order chi connectivity index (χ0) is 56.9. The first-order chi connectivity index (χ1) is 38.4. The summed E-state index contributed by atoms with van der Waals surface area (Å²) in [4.78, 5) is 16.6. The molecule has 6 N–H and O–H groups in total. The number of primary amides is 1. The topological polar surface area (TPSA) is 148 Å². The number of hydrogen-bond donors (Lipinski definition) is 4. The van der Waals surface area contributed by atoms with Gasteiger partial charge in [-0.3, -0.25) is 10.1 Å². The van der Waals surface area contributed by atoms with E-state index < -0.39 is 28.6 Å². The Hall–Kier alpha value is -7.93. The van der Waals surface area contributed by atoms with Crippen LogP contribution in [0.2, 0.25) is 10.1 Å². The van der Waals surface area contributed by atoms with E-state index in [0.717, 1.165) is 22.5 Å². The van der Waals surface area contributed by atoms with Crippen LogP contribution in [-0.4, -0.2) is 57.9 Å². The predicted molar refractivity (Wildman–Crippen MR) is 325 cm³/mol. The van der Waals surface area contributed by atoms with Crippen molar-refractivity contribution in [2.45, 2.75) is 77.7 Å². The number of imidazole rings is 1. The summed E-state index contributed by atoms with van der Waals surface area (Å²) >= 11 is 0. The molecule has 0 saturated carbocycles. The van der Waals surface area contributed by atoms with Crippen molar-refractivity contribution >= 4 is 65.7 Å². The molecule has 8 aromatic carbocycles. The third-order valence-electron chi connectivity index (χ3n) is 14.1. The predicted octanol–water partition coefficient (Wildman–Crippen LogP) is 11.7. The van der Waals surface area contributed by atoms with Crippen LogP contribution in [0.3, 0.4) is 0 Å². The van der Waals surface area contributed by atoms with Crippen LogP contribution in [0.1, 0.15) is 54.3 Å². The van der Waals surface area contributed by atoms with Crippen LogP contribution in [0.4, 0.5) is 20.2 Å². The molecule has 0 radical (unpaired) electrons. The van der Waals surface area contributed by atoms with Crippen molar-refractivity contribution in [1.82, 2.24) is 14.9 Å². The van der Waals surface area contributed by atoms with Gasteiger partial charge >= 0.3 is 0 Å². The van der Waals surface area contributed by atoms with E-state index in [1.807, 2.05) is 48.5 Å². The summed E-state index contributed by atoms with van der Waals surface area (Å²) < 4.78 is 54.8. The number of fused-ring (bicyclic) bond motifs is 1. The van der Waals surface area contributed by atoms with E-state index >= 15 is 0 Å². The second-order valence-electron chi connectivity index (χ2n) is 21.6. The minimum absolute atomic E-state index is 0.0857. The van der Waals surface area contributed by atoms with E-state index in [0.29, 0.717) is 61.5 Å². The number of benzene rings is 8. The van der Waals surface area contributed by atoms with Crippen LogP contribution in [0.15, 0.2) is 206 Å². The number of ether oxygens (including phenoxy) is 2. The van der Waals surface area contributed by atoms with Gasteiger partial charge in [-0.05, 0) is 111 Å². The van der Waals surface area contributed by atoms with Gasteiger partial charge in [0.2, 0.25) is 5.91 Å². The van der Waals surface area contributed by atoms with Crippen LogP contribution < -0.4 is 52.3 Å². The maximum Gasteiger partial charge on any atom is 0.261 e. The number of amides is 1. The summed E-state index contributed by atoms with van der Waals surface area (Å²) in [6, 6.07) is 64.7. The molecular weight excluding hydrogens is 1040 g/mol. The molecular formula is C65H72F2N6O5Si2. The van der Waals surface area contributed by atoms with Gasteiger partial charge < -0.3 is 39.7 Å². The van der Waals surface area contributed by atoms with Gasteiger partial charge in [0.25, 0.3) is 16.6 Å². The van der Waals surface area contributed by atoms with E-state index in [-0.39, 0.29) is 21.7 Å². The van der Waals surface area contributed by atoms with Crippen molar-refractivity contribution in [2.24, 2.45) is 5.73 Å². The van der Waals surface area contributed by atoms with Crippen molar-refractivity contribution in [3.05, 3.63) is 224 Å². The third-order valence-corrected chi connectivity index (χ3v) is 24.2. The number of nitrogens with one attached hydrogen (secondary N) is 2. The van der Waals surface area contributed by atoms with E-state index in [2.05, 4.69) is 154 Å². The second kappa shape index (κ2) is 25.9. The first-order valence-electron chi connectivity index (χ1n) is 26.9. The zero-order valence-corrected chi connectivity index (χ0v) is 48.6. The van der Waals surface area contributed by atoms with Crippen LogP contribution in [-0.2, 0) is 26.7 Å². The summed E-state index contributed by atoms with van der Waals surface area (Å²) in [5, 5.41) is 11.3. The van der Waals surface area contributed by atoms with E-state index in [4.69, 9.17) is 34.8 Å². The summed E-state index contributed by atoms with van der Waals surface area (Å²) in [6.07, 6.45) is 0. The maximum atomic E-state index is 13.5. The fourth-order valence-corrected chi connectivity index (χ4v) is 19.3. The van der Waals surface area contributed by atoms with Crippen molar-refractivity contribution in [3.8, 4) is 23.0 Å². The molecule has 0 unspecified atom stereocenters. The standard InChI is InChI=1S/C35H39FN4O3Si.C30H33FN2O2Si/c1-25(34(37)41)38-24-33-39-31-20-19-28(43-27-17-15-26(36)16-18-27)23-32(31)40(33)21-22-42-44(35(2,3)4,29-11-7-5-8-12-29)30-13-9-6-10-14-30;1-30(2,3)36(26-10-6-4-7-11-26,27-12-8-5-9-13-27)34-21-20-33-29-22-25(18-19-28(29)32)35-24-16-14-23(31)15-17-24/h5-20,23,25,38H,21-22,24H2,1-4H3,(H2,37,41);4-19,22,33H,20-21,32H2,1-3H3/t25-;/m0./s1.